The summed E-state index contributed by atoms with van der Waals surface area (Å²) in [6.07, 6.45) is 1.29. The average Bonchev–Trinajstić information content (AvgIpc) is 2.96. The van der Waals surface area contributed by atoms with Crippen LogP contribution < -0.4 is 10.7 Å². The number of nitrogens with one attached hydrogen (secondary N) is 2. The molecule has 0 heterocycles. The fourth-order valence-corrected chi connectivity index (χ4v) is 5.07. The largest absolute Gasteiger partial charge is 0.325 e. The highest BCUT2D eigenvalue weighted by molar-refractivity contribution is 6.51. The van der Waals surface area contributed by atoms with Gasteiger partial charge in [-0.3, -0.25) is 15.0 Å². The van der Waals surface area contributed by atoms with Crippen LogP contribution >= 0.6 is 0 Å². The van der Waals surface area contributed by atoms with Gasteiger partial charge in [0.15, 0.2) is 5.78 Å². The number of nitrogens with zero attached hydrogens (tertiary/aromatic N) is 1. The van der Waals surface area contributed by atoms with Gasteiger partial charge in [0.25, 0.3) is 0 Å². The first kappa shape index (κ1) is 19.4. The van der Waals surface area contributed by atoms with Gasteiger partial charge in [-0.15, -0.1) is 0 Å². The maximum atomic E-state index is 13.6. The number of para-hydroxylation sites is 1. The molecule has 2 fully saturated rings. The molecular weight excluding hydrogens is 362 g/mol. The summed E-state index contributed by atoms with van der Waals surface area (Å²) in [5, 5.41) is 7.52. The summed E-state index contributed by atoms with van der Waals surface area (Å²) < 4.78 is 0. The number of ketones is 1. The van der Waals surface area contributed by atoms with Gasteiger partial charge in [-0.05, 0) is 55.0 Å². The van der Waals surface area contributed by atoms with E-state index in [1.807, 2.05) is 75.4 Å². The van der Waals surface area contributed by atoms with E-state index < -0.39 is 16.2 Å². The highest BCUT2D eigenvalue weighted by Gasteiger charge is 2.76. The van der Waals surface area contributed by atoms with Gasteiger partial charge in [-0.1, -0.05) is 51.1 Å². The molecule has 0 radical (unpaired) electrons. The zero-order valence-corrected chi connectivity index (χ0v) is 17.4. The lowest BCUT2D eigenvalue weighted by Crippen LogP contribution is -2.47. The quantitative estimate of drug-likeness (QED) is 0.583. The second-order valence-corrected chi connectivity index (χ2v) is 8.95. The van der Waals surface area contributed by atoms with Crippen molar-refractivity contribution in [3.8, 4) is 0 Å². The molecule has 2 aromatic rings. The number of rotatable bonds is 4. The Balaban J connectivity index is 1.70. The number of hydrogen-bond donors (Lipinski definition) is 2. The van der Waals surface area contributed by atoms with Crippen molar-refractivity contribution in [3.05, 3.63) is 60.2 Å². The number of carbonyl (C=O) groups is 2. The van der Waals surface area contributed by atoms with Crippen LogP contribution in [0.15, 0.2) is 59.7 Å². The molecular formula is C24H27N3O2. The highest BCUT2D eigenvalue weighted by atomic mass is 16.2. The normalized spacial score (nSPS) is 28.6. The maximum Gasteiger partial charge on any atom is 0.239 e. The van der Waals surface area contributed by atoms with Crippen molar-refractivity contribution in [2.75, 3.05) is 10.7 Å². The smallest absolute Gasteiger partial charge is 0.239 e. The zero-order chi connectivity index (χ0) is 20.9. The van der Waals surface area contributed by atoms with Crippen molar-refractivity contribution in [1.82, 2.24) is 0 Å². The highest BCUT2D eigenvalue weighted by Crippen LogP contribution is 2.69. The minimum atomic E-state index is -1.11. The fraction of sp³-hybridized carbons (Fsp3) is 0.375. The second kappa shape index (κ2) is 6.55. The molecule has 150 valence electrons. The Hall–Kier alpha value is -2.95. The van der Waals surface area contributed by atoms with E-state index in [0.29, 0.717) is 12.1 Å². The molecule has 2 bridgehead atoms. The molecule has 5 heteroatoms. The third kappa shape index (κ3) is 2.64. The minimum Gasteiger partial charge on any atom is -0.325 e. The average molecular weight is 389 g/mol. The molecule has 0 spiro atoms. The summed E-state index contributed by atoms with van der Waals surface area (Å²) >= 11 is 0. The lowest BCUT2D eigenvalue weighted by molar-refractivity contribution is -0.139. The van der Waals surface area contributed by atoms with Crippen molar-refractivity contribution in [2.24, 2.45) is 21.3 Å². The number of aryl methyl sites for hydroxylation is 1. The van der Waals surface area contributed by atoms with Crippen molar-refractivity contribution in [2.45, 2.75) is 40.5 Å². The van der Waals surface area contributed by atoms with E-state index in [0.717, 1.165) is 23.4 Å². The molecule has 2 aliphatic carbocycles. The molecule has 2 N–H and O–H groups in total. The third-order valence-corrected chi connectivity index (χ3v) is 7.31. The Morgan fingerprint density at radius 1 is 0.966 bits per heavy atom. The van der Waals surface area contributed by atoms with E-state index in [1.165, 1.54) is 0 Å². The maximum absolute atomic E-state index is 13.6. The van der Waals surface area contributed by atoms with E-state index >= 15 is 0 Å². The lowest BCUT2D eigenvalue weighted by atomic mass is 9.64. The van der Waals surface area contributed by atoms with E-state index in [9.17, 15) is 9.59 Å². The topological polar surface area (TPSA) is 70.6 Å². The summed E-state index contributed by atoms with van der Waals surface area (Å²) in [4.78, 5) is 27.1. The van der Waals surface area contributed by atoms with Gasteiger partial charge in [0.05, 0.1) is 5.69 Å². The van der Waals surface area contributed by atoms with Gasteiger partial charge in [-0.25, -0.2) is 0 Å². The Bertz CT molecular complexity index is 1010. The third-order valence-electron chi connectivity index (χ3n) is 7.31. The zero-order valence-electron chi connectivity index (χ0n) is 17.4. The number of amides is 1. The Labute approximate surface area is 171 Å². The Morgan fingerprint density at radius 2 is 1.66 bits per heavy atom. The summed E-state index contributed by atoms with van der Waals surface area (Å²) in [5.41, 5.74) is 3.96. The summed E-state index contributed by atoms with van der Waals surface area (Å²) in [6, 6.07) is 17.2. The first-order chi connectivity index (χ1) is 13.7. The Kier molecular flexibility index (Phi) is 4.37. The molecule has 2 aromatic carbocycles. The summed E-state index contributed by atoms with van der Waals surface area (Å²) in [6.45, 7) is 8.09. The molecule has 2 aliphatic rings. The van der Waals surface area contributed by atoms with Gasteiger partial charge in [-0.2, -0.15) is 5.10 Å². The number of fused-ring (bicyclic) bond motifs is 2. The summed E-state index contributed by atoms with van der Waals surface area (Å²) in [5.74, 6) is -0.392. The number of carbonyl (C=O) groups excluding carboxylic acids is 2. The van der Waals surface area contributed by atoms with E-state index in [2.05, 4.69) is 22.8 Å². The van der Waals surface area contributed by atoms with Gasteiger partial charge in [0.1, 0.15) is 11.1 Å². The van der Waals surface area contributed by atoms with E-state index in [-0.39, 0.29) is 11.7 Å². The van der Waals surface area contributed by atoms with Crippen molar-refractivity contribution < 1.29 is 9.59 Å². The number of hydrazone groups is 1. The molecule has 0 saturated heterocycles. The van der Waals surface area contributed by atoms with Crippen LogP contribution in [0.3, 0.4) is 0 Å². The van der Waals surface area contributed by atoms with Gasteiger partial charge in [0, 0.05) is 11.1 Å². The Morgan fingerprint density at radius 3 is 2.34 bits per heavy atom. The van der Waals surface area contributed by atoms with Crippen LogP contribution in [0.1, 0.15) is 39.2 Å². The molecule has 2 atom stereocenters. The van der Waals surface area contributed by atoms with Crippen molar-refractivity contribution in [1.29, 1.82) is 0 Å². The number of anilines is 2. The molecule has 0 aliphatic heterocycles. The predicted octanol–water partition coefficient (Wildman–Crippen LogP) is 4.80. The van der Waals surface area contributed by atoms with Crippen molar-refractivity contribution in [3.63, 3.8) is 0 Å². The molecule has 1 amide bonds. The fourth-order valence-electron chi connectivity index (χ4n) is 5.07. The van der Waals surface area contributed by atoms with Crippen LogP contribution in [0.2, 0.25) is 0 Å². The van der Waals surface area contributed by atoms with E-state index in [4.69, 9.17) is 0 Å². The van der Waals surface area contributed by atoms with E-state index in [1.54, 1.807) is 0 Å². The molecule has 0 aromatic heterocycles. The van der Waals surface area contributed by atoms with Crippen LogP contribution in [-0.2, 0) is 9.59 Å². The predicted molar refractivity (Wildman–Crippen MR) is 116 cm³/mol. The second-order valence-electron chi connectivity index (χ2n) is 8.95. The number of benzene rings is 2. The first-order valence-corrected chi connectivity index (χ1v) is 10.0. The van der Waals surface area contributed by atoms with Crippen LogP contribution in [0.25, 0.3) is 0 Å². The molecule has 2 saturated carbocycles. The standard InChI is InChI=1S/C24H27N3O2/c1-16-9-8-12-18(15-16)25-21(29)24-14-13-23(4,22(24,2)3)19(20(24)28)27-26-17-10-6-5-7-11-17/h5-12,15,26H,13-14H2,1-4H3,(H,25,29). The van der Waals surface area contributed by atoms with Crippen LogP contribution in [-0.4, -0.2) is 17.4 Å². The van der Waals surface area contributed by atoms with Gasteiger partial charge in [0.2, 0.25) is 5.91 Å². The van der Waals surface area contributed by atoms with Gasteiger partial charge >= 0.3 is 0 Å². The SMILES string of the molecule is Cc1cccc(NC(=O)C23CCC(C)(C(=NNc4ccccc4)C2=O)C3(C)C)c1. The molecule has 4 rings (SSSR count). The molecule has 2 unspecified atom stereocenters. The van der Waals surface area contributed by atoms with Crippen LogP contribution in [0.5, 0.6) is 0 Å². The lowest BCUT2D eigenvalue weighted by Gasteiger charge is -2.37. The van der Waals surface area contributed by atoms with Gasteiger partial charge < -0.3 is 5.32 Å². The van der Waals surface area contributed by atoms with Crippen LogP contribution in [0.4, 0.5) is 11.4 Å². The number of hydrogen-bond acceptors (Lipinski definition) is 4. The number of Topliss-reactive ketones (excluding diaryl/α,β-unsaturated/α-hetero) is 1. The first-order valence-electron chi connectivity index (χ1n) is 10.0. The molecule has 29 heavy (non-hydrogen) atoms. The van der Waals surface area contributed by atoms with Crippen molar-refractivity contribution >= 4 is 28.8 Å². The monoisotopic (exact) mass is 389 g/mol. The molecule has 5 nitrogen and oxygen atoms in total. The minimum absolute atomic E-state index is 0.162. The summed E-state index contributed by atoms with van der Waals surface area (Å²) in [7, 11) is 0. The van der Waals surface area contributed by atoms with Crippen LogP contribution in [0, 0.1) is 23.2 Å².